The van der Waals surface area contributed by atoms with E-state index in [1.165, 1.54) is 0 Å². The first-order valence-corrected chi connectivity index (χ1v) is 5.59. The Bertz CT molecular complexity index is 437. The molecule has 0 saturated carbocycles. The molecule has 1 fully saturated rings. The van der Waals surface area contributed by atoms with E-state index in [0.29, 0.717) is 13.1 Å². The molecule has 98 valence electrons. The lowest BCUT2D eigenvalue weighted by molar-refractivity contribution is -0.173. The van der Waals surface area contributed by atoms with E-state index >= 15 is 0 Å². The number of carbonyl (C=O) groups excluding carboxylic acids is 1. The number of likely N-dealkylation sites (tertiary alicyclic amines) is 1. The molecule has 1 aliphatic rings. The van der Waals surface area contributed by atoms with E-state index in [1.807, 2.05) is 0 Å². The van der Waals surface area contributed by atoms with Crippen LogP contribution in [0.2, 0.25) is 0 Å². The van der Waals surface area contributed by atoms with Crippen molar-refractivity contribution in [1.29, 1.82) is 0 Å². The molecule has 0 bridgehead atoms. The third-order valence-electron chi connectivity index (χ3n) is 2.80. The Morgan fingerprint density at radius 3 is 2.78 bits per heavy atom. The van der Waals surface area contributed by atoms with E-state index in [4.69, 9.17) is 9.84 Å². The third kappa shape index (κ3) is 2.86. The maximum absolute atomic E-state index is 11.8. The summed E-state index contributed by atoms with van der Waals surface area (Å²) in [5.74, 6) is -1.05. The van der Waals surface area contributed by atoms with Crippen molar-refractivity contribution in [2.24, 2.45) is 0 Å². The lowest BCUT2D eigenvalue weighted by Crippen LogP contribution is -2.63. The molecule has 18 heavy (non-hydrogen) atoms. The molecule has 1 amide bonds. The van der Waals surface area contributed by atoms with Gasteiger partial charge in [-0.1, -0.05) is 0 Å². The summed E-state index contributed by atoms with van der Waals surface area (Å²) in [5.41, 5.74) is -0.543. The fourth-order valence-electron chi connectivity index (χ4n) is 1.90. The Morgan fingerprint density at radius 2 is 2.22 bits per heavy atom. The predicted molar refractivity (Wildman–Crippen MR) is 60.8 cm³/mol. The van der Waals surface area contributed by atoms with Crippen LogP contribution in [-0.2, 0) is 20.9 Å². The quantitative estimate of drug-likeness (QED) is 0.770. The number of ether oxygens (including phenoxy) is 1. The minimum Gasteiger partial charge on any atom is -0.480 e. The molecule has 1 aromatic heterocycles. The van der Waals surface area contributed by atoms with Gasteiger partial charge in [-0.3, -0.25) is 9.48 Å². The highest BCUT2D eigenvalue weighted by Crippen LogP contribution is 2.24. The van der Waals surface area contributed by atoms with Crippen molar-refractivity contribution in [2.75, 3.05) is 19.7 Å². The molecule has 1 saturated heterocycles. The molecule has 2 heterocycles. The topological polar surface area (TPSA) is 84.7 Å². The Hall–Kier alpha value is -1.89. The van der Waals surface area contributed by atoms with Gasteiger partial charge in [-0.25, -0.2) is 4.79 Å². The molecule has 0 spiro atoms. The van der Waals surface area contributed by atoms with Gasteiger partial charge in [-0.15, -0.1) is 0 Å². The van der Waals surface area contributed by atoms with Crippen LogP contribution in [0.25, 0.3) is 0 Å². The molecule has 0 radical (unpaired) electrons. The minimum atomic E-state index is -1.00. The maximum Gasteiger partial charge on any atom is 0.329 e. The first-order valence-electron chi connectivity index (χ1n) is 5.59. The average molecular weight is 253 g/mol. The van der Waals surface area contributed by atoms with Crippen LogP contribution in [0.1, 0.15) is 6.92 Å². The van der Waals surface area contributed by atoms with Gasteiger partial charge in [0.15, 0.2) is 0 Å². The molecule has 0 unspecified atom stereocenters. The van der Waals surface area contributed by atoms with Gasteiger partial charge in [0.05, 0.1) is 13.1 Å². The molecule has 1 aliphatic heterocycles. The number of aliphatic carboxylic acids is 1. The van der Waals surface area contributed by atoms with E-state index in [1.54, 1.807) is 35.0 Å². The standard InChI is InChI=1S/C11H15N3O4/c1-11(18-6-10(16)17)7-13(8-11)9(15)5-14-4-2-3-12-14/h2-4H,5-8H2,1H3,(H,16,17). The molecular weight excluding hydrogens is 238 g/mol. The number of hydrogen-bond donors (Lipinski definition) is 1. The fourth-order valence-corrected chi connectivity index (χ4v) is 1.90. The minimum absolute atomic E-state index is 0.0462. The summed E-state index contributed by atoms with van der Waals surface area (Å²) in [4.78, 5) is 23.8. The summed E-state index contributed by atoms with van der Waals surface area (Å²) >= 11 is 0. The second-order valence-corrected chi connectivity index (χ2v) is 4.59. The van der Waals surface area contributed by atoms with Crippen LogP contribution >= 0.6 is 0 Å². The van der Waals surface area contributed by atoms with E-state index in [0.717, 1.165) is 0 Å². The zero-order chi connectivity index (χ0) is 13.2. The highest BCUT2D eigenvalue weighted by molar-refractivity contribution is 5.77. The fraction of sp³-hybridized carbons (Fsp3) is 0.545. The van der Waals surface area contributed by atoms with Gasteiger partial charge in [-0.05, 0) is 13.0 Å². The lowest BCUT2D eigenvalue weighted by Gasteiger charge is -2.47. The molecule has 0 atom stereocenters. The zero-order valence-electron chi connectivity index (χ0n) is 10.1. The molecule has 2 rings (SSSR count). The molecule has 1 aromatic rings. The summed E-state index contributed by atoms with van der Waals surface area (Å²) in [6.07, 6.45) is 3.33. The Balaban J connectivity index is 1.77. The van der Waals surface area contributed by atoms with Crippen molar-refractivity contribution < 1.29 is 19.4 Å². The molecular formula is C11H15N3O4. The van der Waals surface area contributed by atoms with E-state index in [9.17, 15) is 9.59 Å². The van der Waals surface area contributed by atoms with Crippen LogP contribution in [0.15, 0.2) is 18.5 Å². The van der Waals surface area contributed by atoms with Gasteiger partial charge >= 0.3 is 5.97 Å². The van der Waals surface area contributed by atoms with E-state index < -0.39 is 11.6 Å². The van der Waals surface area contributed by atoms with Crippen LogP contribution in [-0.4, -0.2) is 57.0 Å². The maximum atomic E-state index is 11.8. The number of carboxylic acid groups (broad SMARTS) is 1. The number of aromatic nitrogens is 2. The number of nitrogens with zero attached hydrogens (tertiary/aromatic N) is 3. The first kappa shape index (κ1) is 12.6. The predicted octanol–water partition coefficient (Wildman–Crippen LogP) is -0.415. The van der Waals surface area contributed by atoms with Crippen molar-refractivity contribution in [2.45, 2.75) is 19.1 Å². The van der Waals surface area contributed by atoms with E-state index in [2.05, 4.69) is 5.10 Å². The van der Waals surface area contributed by atoms with Gasteiger partial charge < -0.3 is 14.7 Å². The van der Waals surface area contributed by atoms with Crippen molar-refractivity contribution >= 4 is 11.9 Å². The van der Waals surface area contributed by atoms with Crippen LogP contribution in [0, 0.1) is 0 Å². The third-order valence-corrected chi connectivity index (χ3v) is 2.80. The first-order chi connectivity index (χ1) is 8.48. The SMILES string of the molecule is CC1(OCC(=O)O)CN(C(=O)Cn2cccn2)C1. The van der Waals surface area contributed by atoms with Crippen molar-refractivity contribution in [1.82, 2.24) is 14.7 Å². The van der Waals surface area contributed by atoms with Crippen molar-refractivity contribution in [3.8, 4) is 0 Å². The molecule has 0 aliphatic carbocycles. The largest absolute Gasteiger partial charge is 0.480 e. The highest BCUT2D eigenvalue weighted by Gasteiger charge is 2.42. The Kier molecular flexibility index (Phi) is 3.33. The molecule has 7 heteroatoms. The van der Waals surface area contributed by atoms with Gasteiger partial charge in [0.1, 0.15) is 18.8 Å². The molecule has 1 N–H and O–H groups in total. The van der Waals surface area contributed by atoms with Gasteiger partial charge in [-0.2, -0.15) is 5.10 Å². The van der Waals surface area contributed by atoms with Crippen LogP contribution in [0.4, 0.5) is 0 Å². The average Bonchev–Trinajstić information content (AvgIpc) is 2.75. The van der Waals surface area contributed by atoms with Crippen molar-refractivity contribution in [3.05, 3.63) is 18.5 Å². The summed E-state index contributed by atoms with van der Waals surface area (Å²) in [6, 6.07) is 1.75. The number of carboxylic acids is 1. The van der Waals surface area contributed by atoms with Crippen LogP contribution in [0.5, 0.6) is 0 Å². The van der Waals surface area contributed by atoms with E-state index in [-0.39, 0.29) is 19.1 Å². The zero-order valence-corrected chi connectivity index (χ0v) is 10.1. The van der Waals surface area contributed by atoms with Gasteiger partial charge in [0.25, 0.3) is 0 Å². The number of carbonyl (C=O) groups is 2. The van der Waals surface area contributed by atoms with Crippen LogP contribution < -0.4 is 0 Å². The normalized spacial score (nSPS) is 17.3. The summed E-state index contributed by atoms with van der Waals surface area (Å²) in [7, 11) is 0. The monoisotopic (exact) mass is 253 g/mol. The number of amides is 1. The van der Waals surface area contributed by atoms with Gasteiger partial charge in [0, 0.05) is 12.4 Å². The number of rotatable bonds is 5. The molecule has 0 aromatic carbocycles. The van der Waals surface area contributed by atoms with Crippen molar-refractivity contribution in [3.63, 3.8) is 0 Å². The smallest absolute Gasteiger partial charge is 0.329 e. The number of hydrogen-bond acceptors (Lipinski definition) is 4. The Labute approximate surface area is 104 Å². The summed E-state index contributed by atoms with van der Waals surface area (Å²) in [6.45, 7) is 2.49. The highest BCUT2D eigenvalue weighted by atomic mass is 16.5. The molecule has 7 nitrogen and oxygen atoms in total. The second-order valence-electron chi connectivity index (χ2n) is 4.59. The summed E-state index contributed by atoms with van der Waals surface area (Å²) in [5, 5.41) is 12.5. The van der Waals surface area contributed by atoms with Gasteiger partial charge in [0.2, 0.25) is 5.91 Å². The lowest BCUT2D eigenvalue weighted by atomic mass is 9.96. The summed E-state index contributed by atoms with van der Waals surface area (Å²) < 4.78 is 6.78. The van der Waals surface area contributed by atoms with Crippen LogP contribution in [0.3, 0.4) is 0 Å². The Morgan fingerprint density at radius 1 is 1.50 bits per heavy atom. The second kappa shape index (κ2) is 4.77.